The van der Waals surface area contributed by atoms with Crippen LogP contribution in [0.2, 0.25) is 0 Å². The van der Waals surface area contributed by atoms with Gasteiger partial charge >= 0.3 is 11.9 Å². The highest BCUT2D eigenvalue weighted by atomic mass is 33.1. The van der Waals surface area contributed by atoms with E-state index in [0.717, 1.165) is 12.8 Å². The van der Waals surface area contributed by atoms with Gasteiger partial charge in [0.2, 0.25) is 0 Å². The van der Waals surface area contributed by atoms with Crippen LogP contribution < -0.4 is 10.6 Å². The Balaban J connectivity index is 2.21. The van der Waals surface area contributed by atoms with E-state index in [1.165, 1.54) is 21.6 Å². The number of carbonyl (C=O) groups is 4. The van der Waals surface area contributed by atoms with Crippen LogP contribution in [0.4, 0.5) is 0 Å². The molecule has 0 saturated heterocycles. The van der Waals surface area contributed by atoms with E-state index >= 15 is 0 Å². The van der Waals surface area contributed by atoms with E-state index in [1.54, 1.807) is 36.4 Å². The first-order valence-electron chi connectivity index (χ1n) is 12.6. The zero-order chi connectivity index (χ0) is 28.2. The van der Waals surface area contributed by atoms with Crippen LogP contribution in [0.1, 0.15) is 74.1 Å². The lowest BCUT2D eigenvalue weighted by Gasteiger charge is -2.23. The maximum Gasteiger partial charge on any atom is 0.305 e. The molecule has 0 saturated carbocycles. The van der Waals surface area contributed by atoms with Gasteiger partial charge in [-0.2, -0.15) is 0 Å². The van der Waals surface area contributed by atoms with Gasteiger partial charge in [0.15, 0.2) is 0 Å². The number of carboxylic acid groups (broad SMARTS) is 2. The summed E-state index contributed by atoms with van der Waals surface area (Å²) in [5.41, 5.74) is 0.841. The molecular weight excluding hydrogens is 524 g/mol. The van der Waals surface area contributed by atoms with E-state index in [-0.39, 0.29) is 36.5 Å². The fourth-order valence-corrected chi connectivity index (χ4v) is 6.13. The van der Waals surface area contributed by atoms with E-state index in [2.05, 4.69) is 10.6 Å². The Morgan fingerprint density at radius 1 is 0.684 bits per heavy atom. The van der Waals surface area contributed by atoms with Crippen LogP contribution in [0.3, 0.4) is 0 Å². The molecule has 10 heteroatoms. The summed E-state index contributed by atoms with van der Waals surface area (Å²) >= 11 is 0. The summed E-state index contributed by atoms with van der Waals surface area (Å²) in [6.45, 7) is 7.72. The van der Waals surface area contributed by atoms with Crippen molar-refractivity contribution in [3.05, 3.63) is 59.7 Å². The van der Waals surface area contributed by atoms with Crippen molar-refractivity contribution in [3.8, 4) is 0 Å². The molecule has 4 atom stereocenters. The van der Waals surface area contributed by atoms with Crippen molar-refractivity contribution in [1.82, 2.24) is 10.6 Å². The van der Waals surface area contributed by atoms with Gasteiger partial charge in [-0.05, 0) is 36.1 Å². The van der Waals surface area contributed by atoms with Crippen molar-refractivity contribution < 1.29 is 29.4 Å². The lowest BCUT2D eigenvalue weighted by atomic mass is 9.96. The number of benzene rings is 2. The Hall–Kier alpha value is -2.98. The van der Waals surface area contributed by atoms with Gasteiger partial charge in [0.25, 0.3) is 11.8 Å². The molecule has 8 nitrogen and oxygen atoms in total. The van der Waals surface area contributed by atoms with Gasteiger partial charge in [-0.1, -0.05) is 86.4 Å². The molecule has 38 heavy (non-hydrogen) atoms. The average molecular weight is 561 g/mol. The lowest BCUT2D eigenvalue weighted by molar-refractivity contribution is -0.138. The molecule has 0 aliphatic carbocycles. The number of aliphatic carboxylic acids is 2. The van der Waals surface area contributed by atoms with Gasteiger partial charge in [-0.15, -0.1) is 0 Å². The van der Waals surface area contributed by atoms with Crippen LogP contribution in [-0.2, 0) is 9.59 Å². The highest BCUT2D eigenvalue weighted by Crippen LogP contribution is 2.40. The van der Waals surface area contributed by atoms with Gasteiger partial charge in [0.05, 0.1) is 24.0 Å². The Morgan fingerprint density at radius 3 is 1.34 bits per heavy atom. The van der Waals surface area contributed by atoms with Crippen LogP contribution in [0.15, 0.2) is 58.3 Å². The molecule has 0 heterocycles. The van der Waals surface area contributed by atoms with Crippen molar-refractivity contribution >= 4 is 45.3 Å². The number of carbonyl (C=O) groups excluding carboxylic acids is 2. The molecule has 206 valence electrons. The molecule has 0 radical (unpaired) electrons. The van der Waals surface area contributed by atoms with Crippen molar-refractivity contribution in [2.75, 3.05) is 0 Å². The van der Waals surface area contributed by atoms with Crippen molar-refractivity contribution in [3.63, 3.8) is 0 Å². The summed E-state index contributed by atoms with van der Waals surface area (Å²) in [7, 11) is 2.64. The molecule has 0 bridgehead atoms. The van der Waals surface area contributed by atoms with Gasteiger partial charge < -0.3 is 20.8 Å². The summed E-state index contributed by atoms with van der Waals surface area (Å²) in [4.78, 5) is 50.2. The SMILES string of the molecule is CC[C@@H](C)[C@@H](CC(=O)O)NC(=O)c1ccccc1SSc1ccccc1C(=O)N[C@H](CC(=O)O)[C@H](C)CC. The number of nitrogens with one attached hydrogen (secondary N) is 2. The lowest BCUT2D eigenvalue weighted by Crippen LogP contribution is -2.41. The maximum atomic E-state index is 13.1. The molecule has 0 aromatic heterocycles. The second-order valence-corrected chi connectivity index (χ2v) is 11.5. The largest absolute Gasteiger partial charge is 0.481 e. The van der Waals surface area contributed by atoms with Crippen LogP contribution in [0.5, 0.6) is 0 Å². The molecule has 2 amide bonds. The molecular formula is C28H36N2O6S2. The second-order valence-electron chi connectivity index (χ2n) is 9.29. The highest BCUT2D eigenvalue weighted by molar-refractivity contribution is 8.76. The third-order valence-electron chi connectivity index (χ3n) is 6.57. The minimum Gasteiger partial charge on any atom is -0.481 e. The average Bonchev–Trinajstić information content (AvgIpc) is 2.89. The monoisotopic (exact) mass is 560 g/mol. The van der Waals surface area contributed by atoms with E-state index in [0.29, 0.717) is 20.9 Å². The first kappa shape index (κ1) is 31.2. The smallest absolute Gasteiger partial charge is 0.305 e. The van der Waals surface area contributed by atoms with E-state index in [9.17, 15) is 29.4 Å². The second kappa shape index (κ2) is 15.4. The third-order valence-corrected chi connectivity index (χ3v) is 9.05. The molecule has 4 N–H and O–H groups in total. The van der Waals surface area contributed by atoms with Crippen molar-refractivity contribution in [2.24, 2.45) is 11.8 Å². The fraction of sp³-hybridized carbons (Fsp3) is 0.429. The molecule has 0 aliphatic heterocycles. The topological polar surface area (TPSA) is 133 Å². The van der Waals surface area contributed by atoms with Gasteiger partial charge in [0, 0.05) is 21.9 Å². The Labute approximate surface area is 231 Å². The Morgan fingerprint density at radius 2 is 1.03 bits per heavy atom. The molecule has 2 aromatic rings. The number of hydrogen-bond acceptors (Lipinski definition) is 6. The first-order valence-corrected chi connectivity index (χ1v) is 14.8. The Bertz CT molecular complexity index is 1040. The van der Waals surface area contributed by atoms with Crippen LogP contribution in [0, 0.1) is 11.8 Å². The third kappa shape index (κ3) is 9.40. The fourth-order valence-electron chi connectivity index (χ4n) is 3.77. The number of amides is 2. The van der Waals surface area contributed by atoms with Gasteiger partial charge in [-0.25, -0.2) is 0 Å². The quantitative estimate of drug-likeness (QED) is 0.203. The minimum absolute atomic E-state index is 0.00462. The molecule has 2 rings (SSSR count). The van der Waals surface area contributed by atoms with Gasteiger partial charge in [-0.3, -0.25) is 19.2 Å². The first-order chi connectivity index (χ1) is 18.1. The zero-order valence-electron chi connectivity index (χ0n) is 22.1. The maximum absolute atomic E-state index is 13.1. The predicted molar refractivity (Wildman–Crippen MR) is 151 cm³/mol. The summed E-state index contributed by atoms with van der Waals surface area (Å²) in [6.07, 6.45) is 1.14. The number of rotatable bonds is 15. The van der Waals surface area contributed by atoms with Crippen molar-refractivity contribution in [2.45, 2.75) is 75.3 Å². The van der Waals surface area contributed by atoms with E-state index in [4.69, 9.17) is 0 Å². The Kier molecular flexibility index (Phi) is 12.7. The normalized spacial score (nSPS) is 14.1. The molecule has 0 spiro atoms. The summed E-state index contributed by atoms with van der Waals surface area (Å²) in [6, 6.07) is 13.1. The molecule has 2 aromatic carbocycles. The molecule has 0 aliphatic rings. The summed E-state index contributed by atoms with van der Waals surface area (Å²) < 4.78 is 0. The van der Waals surface area contributed by atoms with Crippen LogP contribution >= 0.6 is 21.6 Å². The van der Waals surface area contributed by atoms with Crippen molar-refractivity contribution in [1.29, 1.82) is 0 Å². The summed E-state index contributed by atoms with van der Waals surface area (Å²) in [5.74, 6) is -2.65. The number of carboxylic acids is 2. The van der Waals surface area contributed by atoms with Gasteiger partial charge in [0.1, 0.15) is 0 Å². The van der Waals surface area contributed by atoms with E-state index in [1.807, 2.05) is 39.8 Å². The standard InChI is InChI=1S/C28H36N2O6S2/c1-5-17(3)21(15-25(31)32)29-27(35)19-11-7-9-13-23(19)37-38-24-14-10-8-12-20(24)28(36)30-22(16-26(33)34)18(4)6-2/h7-14,17-18,21-22H,5-6,15-16H2,1-4H3,(H,29,35)(H,30,36)(H,31,32)(H,33,34)/t17-,18-,21-,22-/m1/s1. The highest BCUT2D eigenvalue weighted by Gasteiger charge is 2.25. The van der Waals surface area contributed by atoms with Crippen LogP contribution in [0.25, 0.3) is 0 Å². The van der Waals surface area contributed by atoms with E-state index < -0.39 is 24.0 Å². The molecule has 0 fully saturated rings. The number of hydrogen-bond donors (Lipinski definition) is 4. The predicted octanol–water partition coefficient (Wildman–Crippen LogP) is 5.72. The zero-order valence-corrected chi connectivity index (χ0v) is 23.7. The minimum atomic E-state index is -0.970. The summed E-state index contributed by atoms with van der Waals surface area (Å²) in [5, 5.41) is 24.3. The van der Waals surface area contributed by atoms with Crippen LogP contribution in [-0.4, -0.2) is 46.0 Å². The molecule has 0 unspecified atom stereocenters.